The molecule has 2 rings (SSSR count). The monoisotopic (exact) mass is 666 g/mol. The second-order valence-electron chi connectivity index (χ2n) is 12.5. The summed E-state index contributed by atoms with van der Waals surface area (Å²) in [6.07, 6.45) is 24.3. The molecule has 0 radical (unpaired) electrons. The van der Waals surface area contributed by atoms with Crippen molar-refractivity contribution in [3.8, 4) is 11.5 Å². The highest BCUT2D eigenvalue weighted by atomic mass is 32.2. The third kappa shape index (κ3) is 16.4. The Morgan fingerprint density at radius 2 is 0.756 bits per heavy atom. The van der Waals surface area contributed by atoms with Crippen LogP contribution in [0.3, 0.4) is 0 Å². The molecule has 0 spiro atoms. The molecule has 0 aliphatic heterocycles. The second-order valence-corrected chi connectivity index (χ2v) is 15.2. The molecule has 7 nitrogen and oxygen atoms in total. The molecule has 0 amide bonds. The number of unbranched alkanes of at least 4 members (excludes halogenated alkanes) is 18. The molecular formula is C36H58O7S2. The van der Waals surface area contributed by atoms with Gasteiger partial charge in [-0.25, -0.2) is 0 Å². The zero-order valence-corrected chi connectivity index (χ0v) is 29.4. The number of hydrogen-bond acceptors (Lipinski definition) is 5. The summed E-state index contributed by atoms with van der Waals surface area (Å²) < 4.78 is 73.9. The first-order valence-corrected chi connectivity index (χ1v) is 20.3. The van der Waals surface area contributed by atoms with E-state index in [1.165, 1.54) is 114 Å². The van der Waals surface area contributed by atoms with Crippen LogP contribution in [0, 0.1) is 0 Å². The first-order valence-electron chi connectivity index (χ1n) is 17.4. The van der Waals surface area contributed by atoms with E-state index in [0.717, 1.165) is 38.5 Å². The molecule has 0 heterocycles. The van der Waals surface area contributed by atoms with Crippen molar-refractivity contribution in [2.75, 3.05) is 0 Å². The van der Waals surface area contributed by atoms with Crippen LogP contribution in [0.1, 0.15) is 153 Å². The minimum Gasteiger partial charge on any atom is -0.457 e. The maximum atomic E-state index is 12.1. The highest BCUT2D eigenvalue weighted by Crippen LogP contribution is 2.30. The average molecular weight is 667 g/mol. The maximum absolute atomic E-state index is 12.1. The first-order chi connectivity index (χ1) is 21.6. The molecule has 0 fully saturated rings. The Hall–Kier alpha value is -1.94. The van der Waals surface area contributed by atoms with Gasteiger partial charge < -0.3 is 4.74 Å². The van der Waals surface area contributed by atoms with E-state index < -0.39 is 20.2 Å². The van der Waals surface area contributed by atoms with Crippen LogP contribution in [0.25, 0.3) is 0 Å². The highest BCUT2D eigenvalue weighted by Gasteiger charge is 2.19. The number of benzene rings is 2. The van der Waals surface area contributed by atoms with Crippen LogP contribution >= 0.6 is 0 Å². The number of ether oxygens (including phenoxy) is 1. The number of rotatable bonds is 26. The van der Waals surface area contributed by atoms with Gasteiger partial charge in [0, 0.05) is 0 Å². The van der Waals surface area contributed by atoms with Gasteiger partial charge in [0.2, 0.25) is 0 Å². The molecule has 0 atom stereocenters. The molecule has 2 aromatic rings. The van der Waals surface area contributed by atoms with Crippen molar-refractivity contribution in [3.63, 3.8) is 0 Å². The lowest BCUT2D eigenvalue weighted by Gasteiger charge is -2.13. The van der Waals surface area contributed by atoms with Crippen LogP contribution in [0.15, 0.2) is 46.2 Å². The van der Waals surface area contributed by atoms with E-state index in [2.05, 4.69) is 13.8 Å². The average Bonchev–Trinajstić information content (AvgIpc) is 2.98. The molecule has 256 valence electrons. The molecule has 2 N–H and O–H groups in total. The summed E-state index contributed by atoms with van der Waals surface area (Å²) in [5.41, 5.74) is 0.990. The third-order valence-corrected chi connectivity index (χ3v) is 10.4. The molecule has 0 saturated heterocycles. The van der Waals surface area contributed by atoms with Gasteiger partial charge in [-0.3, -0.25) is 9.11 Å². The van der Waals surface area contributed by atoms with Gasteiger partial charge in [-0.1, -0.05) is 129 Å². The van der Waals surface area contributed by atoms with Crippen molar-refractivity contribution in [2.24, 2.45) is 0 Å². The van der Waals surface area contributed by atoms with Crippen LogP contribution in [0.4, 0.5) is 0 Å². The van der Waals surface area contributed by atoms with Crippen molar-refractivity contribution in [2.45, 2.75) is 165 Å². The summed E-state index contributed by atoms with van der Waals surface area (Å²) in [4.78, 5) is -0.233. The third-order valence-electron chi connectivity index (χ3n) is 8.45. The van der Waals surface area contributed by atoms with Crippen molar-refractivity contribution in [3.05, 3.63) is 47.5 Å². The standard InChI is InChI=1S/C36H58O7S2/c1-3-5-7-9-11-13-15-17-19-21-23-31-29-33(25-27-35(31)44(37,38)39)43-34-26-28-36(45(40,41)42)32(30-34)24-22-20-18-16-14-12-10-8-6-4-2/h25-30H,3-24H2,1-2H3,(H,37,38,39)(H,40,41,42). The van der Waals surface area contributed by atoms with Crippen molar-refractivity contribution in [1.29, 1.82) is 0 Å². The van der Waals surface area contributed by atoms with Crippen LogP contribution in [0.2, 0.25) is 0 Å². The molecule has 0 bridgehead atoms. The van der Waals surface area contributed by atoms with Gasteiger partial charge in [-0.05, 0) is 73.2 Å². The van der Waals surface area contributed by atoms with E-state index in [4.69, 9.17) is 4.74 Å². The summed E-state index contributed by atoms with van der Waals surface area (Å²) >= 11 is 0. The predicted molar refractivity (Wildman–Crippen MR) is 184 cm³/mol. The topological polar surface area (TPSA) is 118 Å². The van der Waals surface area contributed by atoms with E-state index in [0.29, 0.717) is 35.5 Å². The first kappa shape index (κ1) is 39.2. The Morgan fingerprint density at radius 1 is 0.467 bits per heavy atom. The fourth-order valence-corrected chi connectivity index (χ4v) is 7.34. The summed E-state index contributed by atoms with van der Waals surface area (Å²) in [5, 5.41) is 0. The van der Waals surface area contributed by atoms with E-state index >= 15 is 0 Å². The van der Waals surface area contributed by atoms with Gasteiger partial charge in [-0.2, -0.15) is 16.8 Å². The fraction of sp³-hybridized carbons (Fsp3) is 0.667. The molecule has 0 unspecified atom stereocenters. The van der Waals surface area contributed by atoms with Gasteiger partial charge in [0.05, 0.1) is 9.79 Å². The Balaban J connectivity index is 1.98. The van der Waals surface area contributed by atoms with Crippen LogP contribution in [0.5, 0.6) is 11.5 Å². The lowest BCUT2D eigenvalue weighted by Crippen LogP contribution is -2.05. The van der Waals surface area contributed by atoms with Crippen molar-refractivity contribution < 1.29 is 30.7 Å². The summed E-state index contributed by atoms with van der Waals surface area (Å²) in [6, 6.07) is 8.96. The minimum absolute atomic E-state index is 0.117. The summed E-state index contributed by atoms with van der Waals surface area (Å²) in [6.45, 7) is 4.44. The van der Waals surface area contributed by atoms with Crippen LogP contribution < -0.4 is 4.74 Å². The summed E-state index contributed by atoms with van der Waals surface area (Å²) in [7, 11) is -8.78. The van der Waals surface area contributed by atoms with E-state index in [9.17, 15) is 25.9 Å². The van der Waals surface area contributed by atoms with Gasteiger partial charge in [0.15, 0.2) is 0 Å². The number of hydrogen-bond donors (Lipinski definition) is 2. The highest BCUT2D eigenvalue weighted by molar-refractivity contribution is 7.86. The van der Waals surface area contributed by atoms with Gasteiger partial charge in [-0.15, -0.1) is 0 Å². The van der Waals surface area contributed by atoms with Gasteiger partial charge >= 0.3 is 0 Å². The van der Waals surface area contributed by atoms with E-state index in [1.807, 2.05) is 0 Å². The Morgan fingerprint density at radius 3 is 1.04 bits per heavy atom. The Kier molecular flexibility index (Phi) is 19.0. The molecule has 0 aliphatic carbocycles. The lowest BCUT2D eigenvalue weighted by molar-refractivity contribution is 0.473. The largest absolute Gasteiger partial charge is 0.457 e. The molecule has 0 aliphatic rings. The quantitative estimate of drug-likeness (QED) is 0.0757. The second kappa shape index (κ2) is 21.8. The smallest absolute Gasteiger partial charge is 0.294 e. The zero-order chi connectivity index (χ0) is 33.0. The minimum atomic E-state index is -4.39. The Labute approximate surface area is 274 Å². The molecule has 0 aromatic heterocycles. The number of aryl methyl sites for hydroxylation is 2. The molecule has 0 saturated carbocycles. The zero-order valence-electron chi connectivity index (χ0n) is 27.8. The van der Waals surface area contributed by atoms with Crippen molar-refractivity contribution >= 4 is 20.2 Å². The predicted octanol–water partition coefficient (Wildman–Crippen LogP) is 10.9. The van der Waals surface area contributed by atoms with Crippen molar-refractivity contribution in [1.82, 2.24) is 0 Å². The van der Waals surface area contributed by atoms with E-state index in [1.54, 1.807) is 12.1 Å². The van der Waals surface area contributed by atoms with Gasteiger partial charge in [0.1, 0.15) is 11.5 Å². The molecule has 9 heteroatoms. The van der Waals surface area contributed by atoms with Crippen LogP contribution in [-0.4, -0.2) is 25.9 Å². The fourth-order valence-electron chi connectivity index (χ4n) is 5.87. The maximum Gasteiger partial charge on any atom is 0.294 e. The van der Waals surface area contributed by atoms with E-state index in [-0.39, 0.29) is 9.79 Å². The molecule has 2 aromatic carbocycles. The normalized spacial score (nSPS) is 12.1. The van der Waals surface area contributed by atoms with Gasteiger partial charge in [0.25, 0.3) is 20.2 Å². The molecular weight excluding hydrogens is 609 g/mol. The lowest BCUT2D eigenvalue weighted by atomic mass is 10.0. The summed E-state index contributed by atoms with van der Waals surface area (Å²) in [5.74, 6) is 0.794. The van der Waals surface area contributed by atoms with Crippen LogP contribution in [-0.2, 0) is 33.1 Å². The SMILES string of the molecule is CCCCCCCCCCCCc1cc(Oc2ccc(S(=O)(=O)O)c(CCCCCCCCCCCC)c2)ccc1S(=O)(=O)O. The Bertz CT molecular complexity index is 1220. The molecule has 45 heavy (non-hydrogen) atoms.